The van der Waals surface area contributed by atoms with Crippen LogP contribution in [0.15, 0.2) is 18.2 Å². The number of nitrogens with zero attached hydrogens (tertiary/aromatic N) is 1. The average Bonchev–Trinajstić information content (AvgIpc) is 2.37. The van der Waals surface area contributed by atoms with Crippen LogP contribution in [0.2, 0.25) is 0 Å². The van der Waals surface area contributed by atoms with E-state index in [0.29, 0.717) is 32.5 Å². The number of likely N-dealkylation sites (tertiary alicyclic amines) is 1. The summed E-state index contributed by atoms with van der Waals surface area (Å²) in [6.45, 7) is 5.66. The molecule has 0 atom stereocenters. The van der Waals surface area contributed by atoms with Crippen LogP contribution in [0, 0.1) is 13.8 Å². The van der Waals surface area contributed by atoms with Crippen molar-refractivity contribution in [2.75, 3.05) is 25.0 Å². The van der Waals surface area contributed by atoms with E-state index in [4.69, 9.17) is 0 Å². The summed E-state index contributed by atoms with van der Waals surface area (Å²) in [7, 11) is 0. The molecule has 1 fully saturated rings. The van der Waals surface area contributed by atoms with Crippen molar-refractivity contribution in [2.24, 2.45) is 0 Å². The van der Waals surface area contributed by atoms with E-state index in [9.17, 15) is 9.18 Å². The zero-order chi connectivity index (χ0) is 13.8. The molecule has 1 amide bonds. The monoisotopic (exact) mass is 264 g/mol. The van der Waals surface area contributed by atoms with Crippen LogP contribution in [0.3, 0.4) is 0 Å². The SMILES string of the molecule is Cc1ccc(C)c(NC(=O)CN2CCC(F)CC2)c1. The van der Waals surface area contributed by atoms with E-state index < -0.39 is 6.17 Å². The van der Waals surface area contributed by atoms with Crippen molar-refractivity contribution in [3.8, 4) is 0 Å². The molecule has 1 heterocycles. The maximum atomic E-state index is 13.0. The highest BCUT2D eigenvalue weighted by molar-refractivity contribution is 5.93. The number of hydrogen-bond acceptors (Lipinski definition) is 2. The predicted molar refractivity (Wildman–Crippen MR) is 75.1 cm³/mol. The summed E-state index contributed by atoms with van der Waals surface area (Å²) in [5.74, 6) is -0.0222. The van der Waals surface area contributed by atoms with Crippen molar-refractivity contribution in [3.05, 3.63) is 29.3 Å². The van der Waals surface area contributed by atoms with Gasteiger partial charge in [0.05, 0.1) is 6.54 Å². The molecule has 3 nitrogen and oxygen atoms in total. The smallest absolute Gasteiger partial charge is 0.238 e. The van der Waals surface area contributed by atoms with Crippen molar-refractivity contribution < 1.29 is 9.18 Å². The number of benzene rings is 1. The van der Waals surface area contributed by atoms with Gasteiger partial charge in [0.25, 0.3) is 0 Å². The summed E-state index contributed by atoms with van der Waals surface area (Å²) in [4.78, 5) is 14.0. The zero-order valence-electron chi connectivity index (χ0n) is 11.6. The Morgan fingerprint density at radius 2 is 2.05 bits per heavy atom. The standard InChI is InChI=1S/C15H21FN2O/c1-11-3-4-12(2)14(9-11)17-15(19)10-18-7-5-13(16)6-8-18/h3-4,9,13H,5-8,10H2,1-2H3,(H,17,19). The number of halogens is 1. The van der Waals surface area contributed by atoms with E-state index in [-0.39, 0.29) is 5.91 Å². The molecule has 0 unspecified atom stereocenters. The first-order valence-corrected chi connectivity index (χ1v) is 6.78. The van der Waals surface area contributed by atoms with Crippen molar-refractivity contribution in [1.29, 1.82) is 0 Å². The number of piperidine rings is 1. The minimum atomic E-state index is -0.696. The molecule has 0 spiro atoms. The Morgan fingerprint density at radius 3 is 2.74 bits per heavy atom. The number of nitrogens with one attached hydrogen (secondary N) is 1. The Morgan fingerprint density at radius 1 is 1.37 bits per heavy atom. The van der Waals surface area contributed by atoms with Crippen LogP contribution < -0.4 is 5.32 Å². The Hall–Kier alpha value is -1.42. The van der Waals surface area contributed by atoms with Gasteiger partial charge in [-0.25, -0.2) is 4.39 Å². The van der Waals surface area contributed by atoms with Crippen molar-refractivity contribution in [2.45, 2.75) is 32.9 Å². The topological polar surface area (TPSA) is 32.3 Å². The number of amides is 1. The molecule has 0 radical (unpaired) electrons. The Labute approximate surface area is 113 Å². The first-order chi connectivity index (χ1) is 9.04. The second-order valence-electron chi connectivity index (χ2n) is 5.32. The van der Waals surface area contributed by atoms with E-state index in [1.165, 1.54) is 0 Å². The number of alkyl halides is 1. The molecule has 1 aliphatic heterocycles. The van der Waals surface area contributed by atoms with Crippen LogP contribution in [0.5, 0.6) is 0 Å². The van der Waals surface area contributed by atoms with Crippen LogP contribution in [0.4, 0.5) is 10.1 Å². The summed E-state index contributed by atoms with van der Waals surface area (Å²) in [5, 5.41) is 2.94. The minimum Gasteiger partial charge on any atom is -0.325 e. The molecule has 0 bridgehead atoms. The first kappa shape index (κ1) is 14.0. The highest BCUT2D eigenvalue weighted by Crippen LogP contribution is 2.17. The normalized spacial score (nSPS) is 17.4. The van der Waals surface area contributed by atoms with Gasteiger partial charge in [0.2, 0.25) is 5.91 Å². The Bertz CT molecular complexity index is 453. The number of carbonyl (C=O) groups is 1. The summed E-state index contributed by atoms with van der Waals surface area (Å²) in [5.41, 5.74) is 3.05. The first-order valence-electron chi connectivity index (χ1n) is 6.78. The third-order valence-electron chi connectivity index (χ3n) is 3.55. The van der Waals surface area contributed by atoms with E-state index in [2.05, 4.69) is 5.32 Å². The summed E-state index contributed by atoms with van der Waals surface area (Å²) < 4.78 is 13.0. The summed E-state index contributed by atoms with van der Waals surface area (Å²) in [6.07, 6.45) is 0.381. The van der Waals surface area contributed by atoms with Gasteiger partial charge < -0.3 is 5.32 Å². The predicted octanol–water partition coefficient (Wildman–Crippen LogP) is 2.68. The van der Waals surface area contributed by atoms with Gasteiger partial charge in [-0.05, 0) is 43.9 Å². The lowest BCUT2D eigenvalue weighted by atomic mass is 10.1. The molecule has 2 rings (SSSR count). The maximum absolute atomic E-state index is 13.0. The highest BCUT2D eigenvalue weighted by atomic mass is 19.1. The molecule has 1 saturated heterocycles. The molecule has 104 valence electrons. The van der Waals surface area contributed by atoms with Gasteiger partial charge in [0, 0.05) is 18.8 Å². The molecule has 0 aromatic heterocycles. The largest absolute Gasteiger partial charge is 0.325 e. The van der Waals surface area contributed by atoms with Crippen molar-refractivity contribution in [1.82, 2.24) is 4.90 Å². The molecule has 1 aromatic rings. The van der Waals surface area contributed by atoms with E-state index in [1.807, 2.05) is 36.9 Å². The maximum Gasteiger partial charge on any atom is 0.238 e. The molecule has 1 aromatic carbocycles. The second-order valence-corrected chi connectivity index (χ2v) is 5.32. The van der Waals surface area contributed by atoms with Crippen molar-refractivity contribution in [3.63, 3.8) is 0 Å². The lowest BCUT2D eigenvalue weighted by Crippen LogP contribution is -2.39. The second kappa shape index (κ2) is 6.15. The molecule has 19 heavy (non-hydrogen) atoms. The van der Waals surface area contributed by atoms with Gasteiger partial charge in [-0.1, -0.05) is 12.1 Å². The number of anilines is 1. The summed E-state index contributed by atoms with van der Waals surface area (Å²) in [6, 6.07) is 6.00. The van der Waals surface area contributed by atoms with E-state index in [1.54, 1.807) is 0 Å². The zero-order valence-corrected chi connectivity index (χ0v) is 11.6. The molecule has 1 aliphatic rings. The minimum absolute atomic E-state index is 0.0222. The Balaban J connectivity index is 1.89. The van der Waals surface area contributed by atoms with E-state index in [0.717, 1.165) is 16.8 Å². The van der Waals surface area contributed by atoms with Crippen molar-refractivity contribution >= 4 is 11.6 Å². The highest BCUT2D eigenvalue weighted by Gasteiger charge is 2.20. The Kier molecular flexibility index (Phi) is 4.53. The van der Waals surface area contributed by atoms with Crippen LogP contribution in [-0.2, 0) is 4.79 Å². The fraction of sp³-hybridized carbons (Fsp3) is 0.533. The fourth-order valence-corrected chi connectivity index (χ4v) is 2.32. The number of rotatable bonds is 3. The van der Waals surface area contributed by atoms with Crippen LogP contribution in [0.1, 0.15) is 24.0 Å². The fourth-order valence-electron chi connectivity index (χ4n) is 2.32. The van der Waals surface area contributed by atoms with E-state index >= 15 is 0 Å². The van der Waals surface area contributed by atoms with Gasteiger partial charge in [0.15, 0.2) is 0 Å². The molecule has 0 saturated carbocycles. The van der Waals surface area contributed by atoms with Gasteiger partial charge in [-0.3, -0.25) is 9.69 Å². The van der Waals surface area contributed by atoms with Gasteiger partial charge >= 0.3 is 0 Å². The average molecular weight is 264 g/mol. The molecule has 4 heteroatoms. The quantitative estimate of drug-likeness (QED) is 0.910. The lowest BCUT2D eigenvalue weighted by Gasteiger charge is -2.27. The molecular formula is C15H21FN2O. The van der Waals surface area contributed by atoms with Gasteiger partial charge in [-0.15, -0.1) is 0 Å². The third-order valence-corrected chi connectivity index (χ3v) is 3.55. The van der Waals surface area contributed by atoms with Crippen LogP contribution in [-0.4, -0.2) is 36.6 Å². The molecule has 1 N–H and O–H groups in total. The number of carbonyl (C=O) groups excluding carboxylic acids is 1. The van der Waals surface area contributed by atoms with Gasteiger partial charge in [-0.2, -0.15) is 0 Å². The lowest BCUT2D eigenvalue weighted by molar-refractivity contribution is -0.117. The van der Waals surface area contributed by atoms with Crippen LogP contribution >= 0.6 is 0 Å². The summed E-state index contributed by atoms with van der Waals surface area (Å²) >= 11 is 0. The molecular weight excluding hydrogens is 243 g/mol. The molecule has 0 aliphatic carbocycles. The van der Waals surface area contributed by atoms with Gasteiger partial charge in [0.1, 0.15) is 6.17 Å². The third kappa shape index (κ3) is 4.03. The van der Waals surface area contributed by atoms with Crippen LogP contribution in [0.25, 0.3) is 0 Å². The number of aryl methyl sites for hydroxylation is 2. The number of hydrogen-bond donors (Lipinski definition) is 1.